The highest BCUT2D eigenvalue weighted by Gasteiger charge is 2.42. The maximum Gasteiger partial charge on any atom is 0.306 e. The molecule has 1 aliphatic heterocycles. The summed E-state index contributed by atoms with van der Waals surface area (Å²) in [6.07, 6.45) is 1.99. The van der Waals surface area contributed by atoms with Gasteiger partial charge in [-0.25, -0.2) is 0 Å². The number of rotatable bonds is 3. The quantitative estimate of drug-likeness (QED) is 0.921. The lowest BCUT2D eigenvalue weighted by atomic mass is 9.67. The van der Waals surface area contributed by atoms with Crippen molar-refractivity contribution in [3.8, 4) is 23.3 Å². The van der Waals surface area contributed by atoms with Gasteiger partial charge in [-0.2, -0.15) is 5.26 Å². The third-order valence-corrected chi connectivity index (χ3v) is 4.79. The van der Waals surface area contributed by atoms with Gasteiger partial charge in [-0.15, -0.1) is 0 Å². The predicted octanol–water partition coefficient (Wildman–Crippen LogP) is 2.50. The molecule has 1 N–H and O–H groups in total. The highest BCUT2D eigenvalue weighted by molar-refractivity contribution is 5.70. The zero-order valence-electron chi connectivity index (χ0n) is 13.0. The van der Waals surface area contributed by atoms with E-state index in [1.807, 2.05) is 6.07 Å². The van der Waals surface area contributed by atoms with Crippen LogP contribution in [-0.2, 0) is 10.2 Å². The van der Waals surface area contributed by atoms with E-state index in [1.54, 1.807) is 13.2 Å². The molecule has 1 aromatic rings. The van der Waals surface area contributed by atoms with Crippen LogP contribution in [0.4, 0.5) is 0 Å². The first-order chi connectivity index (χ1) is 11.1. The molecule has 23 heavy (non-hydrogen) atoms. The van der Waals surface area contributed by atoms with Crippen LogP contribution >= 0.6 is 0 Å². The topological polar surface area (TPSA) is 88.8 Å². The molecule has 1 heterocycles. The number of methoxy groups -OCH3 is 1. The predicted molar refractivity (Wildman–Crippen MR) is 80.9 cm³/mol. The van der Waals surface area contributed by atoms with Gasteiger partial charge in [0.05, 0.1) is 24.5 Å². The number of ether oxygens (including phenoxy) is 3. The van der Waals surface area contributed by atoms with Crippen molar-refractivity contribution in [1.29, 1.82) is 5.26 Å². The minimum absolute atomic E-state index is 0.372. The molecule has 122 valence electrons. The van der Waals surface area contributed by atoms with Crippen LogP contribution in [0.25, 0.3) is 0 Å². The summed E-state index contributed by atoms with van der Waals surface area (Å²) in [6.45, 7) is 0.861. The van der Waals surface area contributed by atoms with E-state index in [4.69, 9.17) is 19.3 Å². The van der Waals surface area contributed by atoms with E-state index in [2.05, 4.69) is 6.07 Å². The zero-order valence-corrected chi connectivity index (χ0v) is 13.0. The Labute approximate surface area is 134 Å². The number of carboxylic acid groups (broad SMARTS) is 1. The number of carboxylic acids is 1. The average molecular weight is 317 g/mol. The molecule has 0 spiro atoms. The molecule has 6 heteroatoms. The minimum Gasteiger partial charge on any atom is -0.493 e. The van der Waals surface area contributed by atoms with Crippen LogP contribution in [0, 0.1) is 17.2 Å². The summed E-state index contributed by atoms with van der Waals surface area (Å²) in [7, 11) is 1.56. The van der Waals surface area contributed by atoms with Crippen molar-refractivity contribution < 1.29 is 24.1 Å². The Hall–Kier alpha value is -2.42. The molecule has 0 amide bonds. The lowest BCUT2D eigenvalue weighted by Gasteiger charge is -2.36. The minimum atomic E-state index is -0.784. The SMILES string of the molecule is COc1ccc([C@]2(C#N)CC[C@@H](C(=O)O)CC2)c2c1OCCO2. The molecule has 1 aromatic carbocycles. The normalized spacial score (nSPS) is 26.2. The monoisotopic (exact) mass is 317 g/mol. The van der Waals surface area contributed by atoms with Crippen LogP contribution in [0.1, 0.15) is 31.2 Å². The van der Waals surface area contributed by atoms with Gasteiger partial charge in [0, 0.05) is 5.56 Å². The maximum absolute atomic E-state index is 11.2. The summed E-state index contributed by atoms with van der Waals surface area (Å²) in [4.78, 5) is 11.2. The van der Waals surface area contributed by atoms with E-state index in [-0.39, 0.29) is 5.92 Å². The molecule has 0 unspecified atom stereocenters. The standard InChI is InChI=1S/C17H19NO5/c1-21-13-3-2-12(14-15(13)23-9-8-22-14)17(10-18)6-4-11(5-7-17)16(19)20/h2-3,11H,4-9H2,1H3,(H,19,20)/t11-,17-. The third kappa shape index (κ3) is 2.56. The van der Waals surface area contributed by atoms with E-state index in [9.17, 15) is 10.1 Å². The van der Waals surface area contributed by atoms with Gasteiger partial charge in [0.2, 0.25) is 5.75 Å². The first-order valence-electron chi connectivity index (χ1n) is 7.72. The second kappa shape index (κ2) is 5.99. The molecule has 3 rings (SSSR count). The molecule has 0 aromatic heterocycles. The Kier molecular flexibility index (Phi) is 4.03. The van der Waals surface area contributed by atoms with Crippen LogP contribution in [0.3, 0.4) is 0 Å². The summed E-state index contributed by atoms with van der Waals surface area (Å²) in [6, 6.07) is 6.04. The average Bonchev–Trinajstić information content (AvgIpc) is 2.60. The van der Waals surface area contributed by atoms with Crippen molar-refractivity contribution >= 4 is 5.97 Å². The molecule has 0 saturated heterocycles. The summed E-state index contributed by atoms with van der Waals surface area (Å²) >= 11 is 0. The van der Waals surface area contributed by atoms with Crippen molar-refractivity contribution in [1.82, 2.24) is 0 Å². The summed E-state index contributed by atoms with van der Waals surface area (Å²) in [5.41, 5.74) is 0.0440. The number of aliphatic carboxylic acids is 1. The van der Waals surface area contributed by atoms with Gasteiger partial charge >= 0.3 is 5.97 Å². The van der Waals surface area contributed by atoms with Crippen molar-refractivity contribution in [2.75, 3.05) is 20.3 Å². The maximum atomic E-state index is 11.2. The number of carbonyl (C=O) groups is 1. The van der Waals surface area contributed by atoms with Crippen molar-refractivity contribution in [3.63, 3.8) is 0 Å². The lowest BCUT2D eigenvalue weighted by molar-refractivity contribution is -0.143. The zero-order chi connectivity index (χ0) is 16.4. The fraction of sp³-hybridized carbons (Fsp3) is 0.529. The summed E-state index contributed by atoms with van der Waals surface area (Å²) < 4.78 is 16.8. The van der Waals surface area contributed by atoms with E-state index in [0.717, 1.165) is 5.56 Å². The van der Waals surface area contributed by atoms with Crippen molar-refractivity contribution in [3.05, 3.63) is 17.7 Å². The van der Waals surface area contributed by atoms with Gasteiger partial charge in [-0.3, -0.25) is 4.79 Å². The Morgan fingerprint density at radius 2 is 1.96 bits per heavy atom. The van der Waals surface area contributed by atoms with Crippen LogP contribution in [-0.4, -0.2) is 31.4 Å². The molecule has 0 radical (unpaired) electrons. The van der Waals surface area contributed by atoms with Gasteiger partial charge in [0.15, 0.2) is 11.5 Å². The molecule has 6 nitrogen and oxygen atoms in total. The van der Waals surface area contributed by atoms with E-state index in [1.165, 1.54) is 0 Å². The van der Waals surface area contributed by atoms with E-state index >= 15 is 0 Å². The van der Waals surface area contributed by atoms with Gasteiger partial charge < -0.3 is 19.3 Å². The molecule has 0 atom stereocenters. The number of hydrogen-bond acceptors (Lipinski definition) is 5. The van der Waals surface area contributed by atoms with Gasteiger partial charge in [0.25, 0.3) is 0 Å². The van der Waals surface area contributed by atoms with E-state index in [0.29, 0.717) is 56.1 Å². The van der Waals surface area contributed by atoms with Gasteiger partial charge in [-0.1, -0.05) is 0 Å². The largest absolute Gasteiger partial charge is 0.493 e. The highest BCUT2D eigenvalue weighted by Crippen LogP contribution is 2.50. The molecule has 1 aliphatic carbocycles. The Balaban J connectivity index is 2.00. The van der Waals surface area contributed by atoms with Crippen LogP contribution in [0.15, 0.2) is 12.1 Å². The van der Waals surface area contributed by atoms with E-state index < -0.39 is 11.4 Å². The molecule has 1 saturated carbocycles. The van der Waals surface area contributed by atoms with Crippen LogP contribution in [0.5, 0.6) is 17.2 Å². The van der Waals surface area contributed by atoms with Gasteiger partial charge in [0.1, 0.15) is 13.2 Å². The number of fused-ring (bicyclic) bond motifs is 1. The second-order valence-corrected chi connectivity index (χ2v) is 5.98. The Morgan fingerprint density at radius 1 is 1.30 bits per heavy atom. The summed E-state index contributed by atoms with van der Waals surface area (Å²) in [5, 5.41) is 19.0. The van der Waals surface area contributed by atoms with Crippen LogP contribution in [0.2, 0.25) is 0 Å². The van der Waals surface area contributed by atoms with Crippen molar-refractivity contribution in [2.24, 2.45) is 5.92 Å². The second-order valence-electron chi connectivity index (χ2n) is 5.98. The number of benzene rings is 1. The molecular weight excluding hydrogens is 298 g/mol. The Bertz CT molecular complexity index is 656. The summed E-state index contributed by atoms with van der Waals surface area (Å²) in [5.74, 6) is 0.517. The number of nitrogens with zero attached hydrogens (tertiary/aromatic N) is 1. The molecule has 1 fully saturated rings. The van der Waals surface area contributed by atoms with Crippen LogP contribution < -0.4 is 14.2 Å². The molecule has 2 aliphatic rings. The number of hydrogen-bond donors (Lipinski definition) is 1. The fourth-order valence-corrected chi connectivity index (χ4v) is 3.45. The first-order valence-corrected chi connectivity index (χ1v) is 7.72. The Morgan fingerprint density at radius 3 is 2.52 bits per heavy atom. The first kappa shape index (κ1) is 15.5. The fourth-order valence-electron chi connectivity index (χ4n) is 3.45. The molecular formula is C17H19NO5. The lowest BCUT2D eigenvalue weighted by Crippen LogP contribution is -2.34. The molecule has 0 bridgehead atoms. The van der Waals surface area contributed by atoms with Gasteiger partial charge in [-0.05, 0) is 37.8 Å². The number of nitriles is 1. The smallest absolute Gasteiger partial charge is 0.306 e. The van der Waals surface area contributed by atoms with Crippen molar-refractivity contribution in [2.45, 2.75) is 31.1 Å². The third-order valence-electron chi connectivity index (χ3n) is 4.79. The highest BCUT2D eigenvalue weighted by atomic mass is 16.6.